The number of hydrogen-bond acceptors (Lipinski definition) is 6. The molecule has 2 aromatic heterocycles. The predicted molar refractivity (Wildman–Crippen MR) is 93.2 cm³/mol. The lowest BCUT2D eigenvalue weighted by Crippen LogP contribution is -2.41. The van der Waals surface area contributed by atoms with E-state index in [0.29, 0.717) is 38.7 Å². The van der Waals surface area contributed by atoms with Gasteiger partial charge in [-0.15, -0.1) is 0 Å². The summed E-state index contributed by atoms with van der Waals surface area (Å²) in [6, 6.07) is 3.17. The Morgan fingerprint density at radius 1 is 1.41 bits per heavy atom. The number of H-pyrrole nitrogens is 1. The topological polar surface area (TPSA) is 112 Å². The van der Waals surface area contributed by atoms with E-state index in [1.165, 1.54) is 0 Å². The summed E-state index contributed by atoms with van der Waals surface area (Å²) in [6.07, 6.45) is 3.35. The lowest BCUT2D eigenvalue weighted by Gasteiger charge is -2.24. The molecule has 144 valence electrons. The number of nitrogens with one attached hydrogen (secondary N) is 1. The van der Waals surface area contributed by atoms with Crippen molar-refractivity contribution in [2.75, 3.05) is 32.8 Å². The van der Waals surface area contributed by atoms with Crippen molar-refractivity contribution in [2.24, 2.45) is 11.3 Å². The van der Waals surface area contributed by atoms with Gasteiger partial charge in [0.15, 0.2) is 5.76 Å². The fourth-order valence-corrected chi connectivity index (χ4v) is 4.17. The van der Waals surface area contributed by atoms with Crippen LogP contribution in [0.2, 0.25) is 0 Å². The zero-order valence-electron chi connectivity index (χ0n) is 15.1. The minimum Gasteiger partial charge on any atom is -0.481 e. The molecule has 9 nitrogen and oxygen atoms in total. The Kier molecular flexibility index (Phi) is 4.39. The van der Waals surface area contributed by atoms with Gasteiger partial charge in [-0.2, -0.15) is 0 Å². The van der Waals surface area contributed by atoms with Gasteiger partial charge in [-0.3, -0.25) is 14.5 Å². The third kappa shape index (κ3) is 3.08. The van der Waals surface area contributed by atoms with Gasteiger partial charge in [0.25, 0.3) is 11.9 Å². The number of nitrogens with zero attached hydrogens (tertiary/aromatic N) is 3. The standard InChI is InChI=1S/C18H22N4O5/c1-2-26-15-4-3-14(27-15)16(23)22-7-12-6-21(8-13-5-19-11-20-13)9-18(12,10-22)17(24)25/h3-5,11-12H,2,6-10H2,1H3,(H,19,20)(H,24,25)/t12-,18-/m0/s1. The third-order valence-corrected chi connectivity index (χ3v) is 5.42. The number of imidazole rings is 1. The van der Waals surface area contributed by atoms with Crippen LogP contribution in [0.3, 0.4) is 0 Å². The van der Waals surface area contributed by atoms with Crippen molar-refractivity contribution in [1.29, 1.82) is 0 Å². The number of carboxylic acid groups (broad SMARTS) is 1. The van der Waals surface area contributed by atoms with Crippen molar-refractivity contribution in [2.45, 2.75) is 13.5 Å². The van der Waals surface area contributed by atoms with E-state index in [-0.39, 0.29) is 24.1 Å². The van der Waals surface area contributed by atoms with E-state index >= 15 is 0 Å². The summed E-state index contributed by atoms with van der Waals surface area (Å²) in [5, 5.41) is 9.93. The second-order valence-corrected chi connectivity index (χ2v) is 7.14. The van der Waals surface area contributed by atoms with Crippen LogP contribution in [0.25, 0.3) is 0 Å². The van der Waals surface area contributed by atoms with Crippen molar-refractivity contribution >= 4 is 11.9 Å². The van der Waals surface area contributed by atoms with Crippen molar-refractivity contribution in [3.05, 3.63) is 36.1 Å². The Morgan fingerprint density at radius 2 is 2.26 bits per heavy atom. The van der Waals surface area contributed by atoms with Crippen LogP contribution in [0.1, 0.15) is 23.2 Å². The highest BCUT2D eigenvalue weighted by Crippen LogP contribution is 2.43. The quantitative estimate of drug-likeness (QED) is 0.777. The summed E-state index contributed by atoms with van der Waals surface area (Å²) in [6.45, 7) is 4.49. The lowest BCUT2D eigenvalue weighted by atomic mass is 9.81. The molecule has 0 saturated carbocycles. The predicted octanol–water partition coefficient (Wildman–Crippen LogP) is 1.06. The summed E-state index contributed by atoms with van der Waals surface area (Å²) in [5.74, 6) is -0.809. The molecule has 2 fully saturated rings. The van der Waals surface area contributed by atoms with Crippen LogP contribution in [-0.2, 0) is 11.3 Å². The third-order valence-electron chi connectivity index (χ3n) is 5.42. The van der Waals surface area contributed by atoms with Gasteiger partial charge in [0, 0.05) is 56.6 Å². The summed E-state index contributed by atoms with van der Waals surface area (Å²) >= 11 is 0. The van der Waals surface area contributed by atoms with E-state index in [1.54, 1.807) is 29.6 Å². The molecule has 2 aliphatic rings. The fourth-order valence-electron chi connectivity index (χ4n) is 4.17. The lowest BCUT2D eigenvalue weighted by molar-refractivity contribution is -0.148. The van der Waals surface area contributed by atoms with Crippen molar-refractivity contribution in [1.82, 2.24) is 19.8 Å². The highest BCUT2D eigenvalue weighted by Gasteiger charge is 2.58. The van der Waals surface area contributed by atoms with Gasteiger partial charge in [-0.25, -0.2) is 4.98 Å². The number of ether oxygens (including phenoxy) is 1. The number of fused-ring (bicyclic) bond motifs is 1. The van der Waals surface area contributed by atoms with Gasteiger partial charge in [0.05, 0.1) is 12.9 Å². The number of rotatable bonds is 6. The molecule has 27 heavy (non-hydrogen) atoms. The minimum absolute atomic E-state index is 0.122. The minimum atomic E-state index is -0.953. The second kappa shape index (κ2) is 6.73. The first kappa shape index (κ1) is 17.6. The normalized spacial score (nSPS) is 24.9. The molecular weight excluding hydrogens is 352 g/mol. The van der Waals surface area contributed by atoms with Crippen molar-refractivity contribution in [3.63, 3.8) is 0 Å². The van der Waals surface area contributed by atoms with Crippen LogP contribution in [0.5, 0.6) is 5.95 Å². The number of carbonyl (C=O) groups excluding carboxylic acids is 1. The Bertz CT molecular complexity index is 833. The van der Waals surface area contributed by atoms with Crippen LogP contribution >= 0.6 is 0 Å². The van der Waals surface area contributed by atoms with Crippen LogP contribution in [-0.4, -0.2) is 69.5 Å². The number of aliphatic carboxylic acids is 1. The van der Waals surface area contributed by atoms with Gasteiger partial charge in [-0.05, 0) is 13.0 Å². The molecule has 9 heteroatoms. The number of carbonyl (C=O) groups is 2. The van der Waals surface area contributed by atoms with Crippen molar-refractivity contribution < 1.29 is 23.8 Å². The number of furan rings is 1. The molecule has 4 heterocycles. The molecule has 0 bridgehead atoms. The molecule has 0 spiro atoms. The van der Waals surface area contributed by atoms with Crippen LogP contribution < -0.4 is 4.74 Å². The second-order valence-electron chi connectivity index (χ2n) is 7.14. The summed E-state index contributed by atoms with van der Waals surface area (Å²) in [4.78, 5) is 35.6. The van der Waals surface area contributed by atoms with E-state index in [9.17, 15) is 14.7 Å². The van der Waals surface area contributed by atoms with E-state index in [0.717, 1.165) is 5.69 Å². The average molecular weight is 374 g/mol. The first-order valence-corrected chi connectivity index (χ1v) is 8.97. The number of hydrogen-bond donors (Lipinski definition) is 2. The highest BCUT2D eigenvalue weighted by atomic mass is 16.6. The maximum atomic E-state index is 12.8. The number of carboxylic acids is 1. The van der Waals surface area contributed by atoms with E-state index in [2.05, 4.69) is 14.9 Å². The number of likely N-dealkylation sites (tertiary alicyclic amines) is 2. The summed E-state index contributed by atoms with van der Waals surface area (Å²) in [5.41, 5.74) is -0.00661. The van der Waals surface area contributed by atoms with E-state index in [1.807, 2.05) is 6.92 Å². The Balaban J connectivity index is 1.47. The maximum Gasteiger partial charge on any atom is 0.313 e. The van der Waals surface area contributed by atoms with Gasteiger partial charge in [0.2, 0.25) is 0 Å². The molecule has 0 radical (unpaired) electrons. The van der Waals surface area contributed by atoms with Gasteiger partial charge < -0.3 is 24.1 Å². The summed E-state index contributed by atoms with van der Waals surface area (Å²) in [7, 11) is 0. The molecule has 2 aliphatic heterocycles. The Labute approximate surface area is 155 Å². The first-order valence-electron chi connectivity index (χ1n) is 8.97. The molecule has 2 saturated heterocycles. The Morgan fingerprint density at radius 3 is 2.93 bits per heavy atom. The molecule has 2 N–H and O–H groups in total. The van der Waals surface area contributed by atoms with Crippen molar-refractivity contribution in [3.8, 4) is 5.95 Å². The summed E-state index contributed by atoms with van der Waals surface area (Å²) < 4.78 is 10.7. The highest BCUT2D eigenvalue weighted by molar-refractivity contribution is 5.93. The van der Waals surface area contributed by atoms with Gasteiger partial charge in [-0.1, -0.05) is 0 Å². The smallest absolute Gasteiger partial charge is 0.313 e. The van der Waals surface area contributed by atoms with Crippen LogP contribution in [0, 0.1) is 11.3 Å². The molecule has 0 aromatic carbocycles. The zero-order valence-corrected chi connectivity index (χ0v) is 15.1. The van der Waals surface area contributed by atoms with E-state index in [4.69, 9.17) is 9.15 Å². The molecule has 0 aliphatic carbocycles. The molecule has 2 aromatic rings. The SMILES string of the molecule is CCOc1ccc(C(=O)N2C[C@@H]3CN(Cc4cnc[nH]4)C[C@]3(C(=O)O)C2)o1. The monoisotopic (exact) mass is 374 g/mol. The maximum absolute atomic E-state index is 12.8. The van der Waals surface area contributed by atoms with Crippen LogP contribution in [0.15, 0.2) is 29.1 Å². The molecular formula is C18H22N4O5. The van der Waals surface area contributed by atoms with Gasteiger partial charge >= 0.3 is 5.97 Å². The largest absolute Gasteiger partial charge is 0.481 e. The molecule has 0 unspecified atom stereocenters. The number of amides is 1. The van der Waals surface area contributed by atoms with E-state index < -0.39 is 11.4 Å². The number of aromatic nitrogens is 2. The Hall–Kier alpha value is -2.81. The molecule has 2 atom stereocenters. The number of aromatic amines is 1. The van der Waals surface area contributed by atoms with Gasteiger partial charge in [0.1, 0.15) is 5.41 Å². The first-order chi connectivity index (χ1) is 13.0. The zero-order chi connectivity index (χ0) is 19.0. The van der Waals surface area contributed by atoms with Crippen LogP contribution in [0.4, 0.5) is 0 Å². The fraction of sp³-hybridized carbons (Fsp3) is 0.500. The average Bonchev–Trinajstić information content (AvgIpc) is 3.37. The molecule has 1 amide bonds. The molecule has 4 rings (SSSR count).